The number of nitrogens with zero attached hydrogens (tertiary/aromatic N) is 2. The number of nitro groups is 1. The molecule has 1 fully saturated rings. The molecule has 0 saturated carbocycles. The van der Waals surface area contributed by atoms with Crippen molar-refractivity contribution in [2.45, 2.75) is 32.7 Å². The van der Waals surface area contributed by atoms with Gasteiger partial charge in [0.1, 0.15) is 0 Å². The van der Waals surface area contributed by atoms with E-state index in [0.717, 1.165) is 25.2 Å². The van der Waals surface area contributed by atoms with Gasteiger partial charge in [-0.3, -0.25) is 19.8 Å². The summed E-state index contributed by atoms with van der Waals surface area (Å²) in [4.78, 5) is 25.3. The fourth-order valence-corrected chi connectivity index (χ4v) is 3.19. The Hall–Kier alpha value is -2.73. The third-order valence-corrected chi connectivity index (χ3v) is 4.75. The molecule has 1 saturated heterocycles. The van der Waals surface area contributed by atoms with Crippen molar-refractivity contribution in [1.82, 2.24) is 4.90 Å². The number of carbonyl (C=O) groups is 1. The molecule has 0 aliphatic carbocycles. The molecule has 1 amide bonds. The summed E-state index contributed by atoms with van der Waals surface area (Å²) >= 11 is 0. The fraction of sp³-hybridized carbons (Fsp3) is 0.350. The molecule has 1 N–H and O–H groups in total. The molecule has 0 radical (unpaired) electrons. The van der Waals surface area contributed by atoms with Crippen molar-refractivity contribution in [3.63, 3.8) is 0 Å². The number of piperidine rings is 1. The van der Waals surface area contributed by atoms with Gasteiger partial charge in [-0.25, -0.2) is 0 Å². The van der Waals surface area contributed by atoms with E-state index in [4.69, 9.17) is 0 Å². The van der Waals surface area contributed by atoms with Crippen LogP contribution in [0.15, 0.2) is 42.5 Å². The van der Waals surface area contributed by atoms with Gasteiger partial charge in [0.15, 0.2) is 0 Å². The Morgan fingerprint density at radius 3 is 2.46 bits per heavy atom. The summed E-state index contributed by atoms with van der Waals surface area (Å²) in [5.74, 6) is -0.266. The van der Waals surface area contributed by atoms with Crippen molar-refractivity contribution in [1.29, 1.82) is 0 Å². The van der Waals surface area contributed by atoms with Gasteiger partial charge >= 0.3 is 0 Å². The van der Waals surface area contributed by atoms with Crippen LogP contribution in [0, 0.1) is 17.0 Å². The van der Waals surface area contributed by atoms with Gasteiger partial charge in [-0.05, 0) is 56.1 Å². The number of hydrogen-bond donors (Lipinski definition) is 1. The summed E-state index contributed by atoms with van der Waals surface area (Å²) in [7, 11) is 0. The van der Waals surface area contributed by atoms with Crippen LogP contribution in [0.25, 0.3) is 0 Å². The number of likely N-dealkylation sites (tertiary alicyclic amines) is 1. The van der Waals surface area contributed by atoms with E-state index in [1.807, 2.05) is 12.1 Å². The predicted molar refractivity (Wildman–Crippen MR) is 101 cm³/mol. The molecule has 0 bridgehead atoms. The summed E-state index contributed by atoms with van der Waals surface area (Å²) in [6, 6.07) is 12.0. The molecule has 0 aromatic heterocycles. The normalized spacial score (nSPS) is 14.8. The van der Waals surface area contributed by atoms with E-state index in [9.17, 15) is 14.9 Å². The fourth-order valence-electron chi connectivity index (χ4n) is 3.19. The van der Waals surface area contributed by atoms with Gasteiger partial charge in [-0.2, -0.15) is 0 Å². The van der Waals surface area contributed by atoms with E-state index in [0.29, 0.717) is 11.3 Å². The van der Waals surface area contributed by atoms with Crippen LogP contribution in [0.5, 0.6) is 0 Å². The first-order valence-corrected chi connectivity index (χ1v) is 8.90. The minimum absolute atomic E-state index is 0.0391. The second kappa shape index (κ2) is 8.10. The highest BCUT2D eigenvalue weighted by Crippen LogP contribution is 2.22. The van der Waals surface area contributed by atoms with E-state index >= 15 is 0 Å². The smallest absolute Gasteiger partial charge is 0.271 e. The lowest BCUT2D eigenvalue weighted by atomic mass is 10.1. The molecule has 6 heteroatoms. The highest BCUT2D eigenvalue weighted by atomic mass is 16.6. The minimum Gasteiger partial charge on any atom is -0.321 e. The summed E-state index contributed by atoms with van der Waals surface area (Å²) in [5.41, 5.74) is 2.93. The van der Waals surface area contributed by atoms with Crippen LogP contribution in [0.2, 0.25) is 0 Å². The molecule has 2 aromatic carbocycles. The molecule has 26 heavy (non-hydrogen) atoms. The molecule has 3 rings (SSSR count). The van der Waals surface area contributed by atoms with Gasteiger partial charge in [0.05, 0.1) is 10.6 Å². The van der Waals surface area contributed by atoms with Gasteiger partial charge < -0.3 is 5.32 Å². The second-order valence-electron chi connectivity index (χ2n) is 6.74. The van der Waals surface area contributed by atoms with Crippen molar-refractivity contribution in [2.75, 3.05) is 18.4 Å². The summed E-state index contributed by atoms with van der Waals surface area (Å²) < 4.78 is 0. The molecule has 0 atom stereocenters. The molecule has 1 aliphatic rings. The van der Waals surface area contributed by atoms with Gasteiger partial charge in [0.25, 0.3) is 11.6 Å². The molecule has 1 aliphatic heterocycles. The van der Waals surface area contributed by atoms with Crippen molar-refractivity contribution < 1.29 is 9.72 Å². The number of carbonyl (C=O) groups excluding carboxylic acids is 1. The average Bonchev–Trinajstić information content (AvgIpc) is 2.64. The van der Waals surface area contributed by atoms with E-state index in [2.05, 4.69) is 10.2 Å². The monoisotopic (exact) mass is 353 g/mol. The maximum atomic E-state index is 12.5. The summed E-state index contributed by atoms with van der Waals surface area (Å²) in [6.07, 6.45) is 3.82. The Morgan fingerprint density at radius 1 is 1.12 bits per heavy atom. The summed E-state index contributed by atoms with van der Waals surface area (Å²) in [5, 5.41) is 13.7. The van der Waals surface area contributed by atoms with Crippen LogP contribution >= 0.6 is 0 Å². The first kappa shape index (κ1) is 18.1. The first-order valence-electron chi connectivity index (χ1n) is 8.90. The number of hydrogen-bond acceptors (Lipinski definition) is 4. The number of nitro benzene ring substituents is 1. The maximum Gasteiger partial charge on any atom is 0.271 e. The first-order chi connectivity index (χ1) is 12.5. The highest BCUT2D eigenvalue weighted by molar-refractivity contribution is 6.04. The zero-order valence-corrected chi connectivity index (χ0v) is 14.9. The second-order valence-corrected chi connectivity index (χ2v) is 6.74. The number of non-ortho nitro benzene ring substituents is 1. The van der Waals surface area contributed by atoms with Crippen LogP contribution in [0.4, 0.5) is 11.4 Å². The summed E-state index contributed by atoms with van der Waals surface area (Å²) in [6.45, 7) is 4.98. The third kappa shape index (κ3) is 4.46. The van der Waals surface area contributed by atoms with Crippen LogP contribution in [0.1, 0.15) is 40.7 Å². The molecular formula is C20H23N3O3. The van der Waals surface area contributed by atoms with E-state index in [1.54, 1.807) is 25.1 Å². The lowest BCUT2D eigenvalue weighted by molar-refractivity contribution is -0.384. The van der Waals surface area contributed by atoms with E-state index in [-0.39, 0.29) is 11.6 Å². The Balaban J connectivity index is 1.66. The minimum atomic E-state index is -0.468. The van der Waals surface area contributed by atoms with Gasteiger partial charge in [0.2, 0.25) is 0 Å². The quantitative estimate of drug-likeness (QED) is 0.647. The lowest BCUT2D eigenvalue weighted by Crippen LogP contribution is -2.29. The Bertz CT molecular complexity index is 796. The third-order valence-electron chi connectivity index (χ3n) is 4.75. The molecule has 0 spiro atoms. The van der Waals surface area contributed by atoms with Crippen molar-refractivity contribution in [2.24, 2.45) is 0 Å². The SMILES string of the molecule is Cc1ccc([N+](=O)[O-])cc1NC(=O)c1ccc(CN2CCCCC2)cc1. The van der Waals surface area contributed by atoms with Crippen molar-refractivity contribution in [3.05, 3.63) is 69.3 Å². The van der Waals surface area contributed by atoms with Gasteiger partial charge in [-0.15, -0.1) is 0 Å². The molecule has 1 heterocycles. The number of nitrogens with one attached hydrogen (secondary N) is 1. The molecule has 0 unspecified atom stereocenters. The van der Waals surface area contributed by atoms with Crippen molar-refractivity contribution in [3.8, 4) is 0 Å². The van der Waals surface area contributed by atoms with Crippen LogP contribution in [-0.4, -0.2) is 28.8 Å². The zero-order chi connectivity index (χ0) is 18.5. The van der Waals surface area contributed by atoms with Gasteiger partial charge in [-0.1, -0.05) is 24.6 Å². The number of anilines is 1. The molecular weight excluding hydrogens is 330 g/mol. The molecule has 136 valence electrons. The van der Waals surface area contributed by atoms with Crippen LogP contribution < -0.4 is 5.32 Å². The number of benzene rings is 2. The van der Waals surface area contributed by atoms with E-state index < -0.39 is 4.92 Å². The van der Waals surface area contributed by atoms with Crippen LogP contribution in [-0.2, 0) is 6.54 Å². The number of amides is 1. The van der Waals surface area contributed by atoms with E-state index in [1.165, 1.54) is 37.0 Å². The Morgan fingerprint density at radius 2 is 1.81 bits per heavy atom. The standard InChI is InChI=1S/C20H23N3O3/c1-15-5-10-18(23(25)26)13-19(15)21-20(24)17-8-6-16(7-9-17)14-22-11-3-2-4-12-22/h5-10,13H,2-4,11-12,14H2,1H3,(H,21,24). The lowest BCUT2D eigenvalue weighted by Gasteiger charge is -2.26. The number of rotatable bonds is 5. The van der Waals surface area contributed by atoms with Crippen molar-refractivity contribution >= 4 is 17.3 Å². The predicted octanol–water partition coefficient (Wildman–Crippen LogP) is 4.14. The van der Waals surface area contributed by atoms with Crippen LogP contribution in [0.3, 0.4) is 0 Å². The topological polar surface area (TPSA) is 75.5 Å². The van der Waals surface area contributed by atoms with Gasteiger partial charge in [0, 0.05) is 24.2 Å². The molecule has 6 nitrogen and oxygen atoms in total. The Kier molecular flexibility index (Phi) is 5.63. The molecule has 2 aromatic rings. The zero-order valence-electron chi connectivity index (χ0n) is 14.9. The Labute approximate surface area is 153 Å². The average molecular weight is 353 g/mol. The largest absolute Gasteiger partial charge is 0.321 e. The maximum absolute atomic E-state index is 12.5. The number of aryl methyl sites for hydroxylation is 1. The highest BCUT2D eigenvalue weighted by Gasteiger charge is 2.13.